The number of hydrogen-bond acceptors (Lipinski definition) is 1. The molecule has 0 aliphatic carbocycles. The first-order chi connectivity index (χ1) is 1.00. The van der Waals surface area contributed by atoms with Crippen LogP contribution < -0.4 is 5.73 Å². The minimum Gasteiger partial charge on any atom is -0.333 e. The van der Waals surface area contributed by atoms with Crippen molar-refractivity contribution in [3.8, 4) is 0 Å². The van der Waals surface area contributed by atoms with Crippen molar-refractivity contribution in [1.82, 2.24) is 0 Å². The minimum absolute atomic E-state index is 0. The van der Waals surface area contributed by atoms with E-state index in [4.69, 9.17) is 0 Å². The Hall–Kier alpha value is 1.90. The second-order valence-electron chi connectivity index (χ2n) is 0. The van der Waals surface area contributed by atoms with Crippen molar-refractivity contribution in [2.24, 2.45) is 5.73 Å². The third-order valence-corrected chi connectivity index (χ3v) is 0. The van der Waals surface area contributed by atoms with Gasteiger partial charge in [0.25, 0.3) is 0 Å². The van der Waals surface area contributed by atoms with Gasteiger partial charge >= 0.3 is 0 Å². The molecular formula is CH7ClINPb. The van der Waals surface area contributed by atoms with E-state index in [2.05, 4.69) is 5.73 Å². The van der Waals surface area contributed by atoms with Gasteiger partial charge in [0.1, 0.15) is 0 Å². The molecule has 5 heavy (non-hydrogen) atoms. The molecule has 0 aliphatic rings. The van der Waals surface area contributed by atoms with Crippen molar-refractivity contribution in [3.05, 3.63) is 0 Å². The predicted molar refractivity (Wildman–Crippen MR) is 38.5 cm³/mol. The molecule has 0 aliphatic heterocycles. The van der Waals surface area contributed by atoms with E-state index in [1.165, 1.54) is 7.05 Å². The first-order valence-corrected chi connectivity index (χ1v) is 0.577. The van der Waals surface area contributed by atoms with Crippen LogP contribution >= 0.6 is 36.4 Å². The summed E-state index contributed by atoms with van der Waals surface area (Å²) >= 11 is 0. The molecule has 0 saturated carbocycles. The largest absolute Gasteiger partial charge is 0.333 e. The van der Waals surface area contributed by atoms with Crippen molar-refractivity contribution >= 4 is 63.7 Å². The van der Waals surface area contributed by atoms with Crippen LogP contribution in [0.1, 0.15) is 0 Å². The summed E-state index contributed by atoms with van der Waals surface area (Å²) in [6.07, 6.45) is 0. The summed E-state index contributed by atoms with van der Waals surface area (Å²) in [6.45, 7) is 0. The number of halogens is 2. The van der Waals surface area contributed by atoms with Gasteiger partial charge in [-0.25, -0.2) is 0 Å². The van der Waals surface area contributed by atoms with Gasteiger partial charge in [-0.1, -0.05) is 0 Å². The Morgan fingerprint density at radius 3 is 1.20 bits per heavy atom. The summed E-state index contributed by atoms with van der Waals surface area (Å²) in [5, 5.41) is 0. The number of hydrogen-bond donors (Lipinski definition) is 1. The summed E-state index contributed by atoms with van der Waals surface area (Å²) < 4.78 is 0. The molecule has 34 valence electrons. The van der Waals surface area contributed by atoms with Crippen LogP contribution in [0.4, 0.5) is 0 Å². The molecule has 0 heterocycles. The molecule has 0 atom stereocenters. The molecule has 4 radical (unpaired) electrons. The van der Waals surface area contributed by atoms with Gasteiger partial charge in [0.05, 0.1) is 0 Å². The van der Waals surface area contributed by atoms with Crippen LogP contribution in [-0.4, -0.2) is 34.3 Å². The van der Waals surface area contributed by atoms with Gasteiger partial charge in [-0.3, -0.25) is 0 Å². The molecule has 0 aromatic rings. The molecule has 0 bridgehead atoms. The zero-order valence-electron chi connectivity index (χ0n) is 2.89. The molecular weight excluding hydrogens is 396 g/mol. The summed E-state index contributed by atoms with van der Waals surface area (Å²) in [5.41, 5.74) is 4.50. The number of nitrogens with two attached hydrogens (primary N) is 1. The molecule has 0 aromatic heterocycles. The smallest absolute Gasteiger partial charge is 0 e. The molecule has 0 fully saturated rings. The standard InChI is InChI=1S/CH5N.ClH.HI.Pb/c1-2;;;/h2H2,1H3;2*1H;. The van der Waals surface area contributed by atoms with Crippen LogP contribution in [0.25, 0.3) is 0 Å². The summed E-state index contributed by atoms with van der Waals surface area (Å²) in [5.74, 6) is 0. The zero-order chi connectivity index (χ0) is 2.00. The first-order valence-electron chi connectivity index (χ1n) is 0.577. The van der Waals surface area contributed by atoms with Crippen LogP contribution in [0.3, 0.4) is 0 Å². The van der Waals surface area contributed by atoms with E-state index < -0.39 is 0 Å². The average Bonchev–Trinajstić information content (AvgIpc) is 1.00. The van der Waals surface area contributed by atoms with Crippen molar-refractivity contribution < 1.29 is 0 Å². The van der Waals surface area contributed by atoms with Crippen LogP contribution in [0.5, 0.6) is 0 Å². The van der Waals surface area contributed by atoms with E-state index >= 15 is 0 Å². The fourth-order valence-electron chi connectivity index (χ4n) is 0. The van der Waals surface area contributed by atoms with Gasteiger partial charge in [0, 0.05) is 27.3 Å². The fraction of sp³-hybridized carbons (Fsp3) is 1.00. The van der Waals surface area contributed by atoms with E-state index in [9.17, 15) is 0 Å². The topological polar surface area (TPSA) is 26.0 Å². The quantitative estimate of drug-likeness (QED) is 0.456. The molecule has 2 N–H and O–H groups in total. The Kier molecular flexibility index (Phi) is 224. The Balaban J connectivity index is -0.00000000167. The van der Waals surface area contributed by atoms with Crippen LogP contribution in [-0.2, 0) is 0 Å². The average molecular weight is 403 g/mol. The maximum absolute atomic E-state index is 4.50. The van der Waals surface area contributed by atoms with Crippen molar-refractivity contribution in [3.63, 3.8) is 0 Å². The molecule has 1 nitrogen and oxygen atoms in total. The Morgan fingerprint density at radius 2 is 1.20 bits per heavy atom. The van der Waals surface area contributed by atoms with Crippen molar-refractivity contribution in [1.29, 1.82) is 0 Å². The summed E-state index contributed by atoms with van der Waals surface area (Å²) in [7, 11) is 1.50. The Labute approximate surface area is 75.7 Å². The monoisotopic (exact) mass is 403 g/mol. The van der Waals surface area contributed by atoms with Gasteiger partial charge in [-0.2, -0.15) is 0 Å². The van der Waals surface area contributed by atoms with Crippen LogP contribution in [0.2, 0.25) is 0 Å². The molecule has 0 amide bonds. The summed E-state index contributed by atoms with van der Waals surface area (Å²) in [6, 6.07) is 0. The van der Waals surface area contributed by atoms with Crippen molar-refractivity contribution in [2.45, 2.75) is 0 Å². The molecule has 0 spiro atoms. The normalized spacial score (nSPS) is 1.20. The van der Waals surface area contributed by atoms with Gasteiger partial charge in [0.2, 0.25) is 0 Å². The van der Waals surface area contributed by atoms with Gasteiger partial charge < -0.3 is 5.73 Å². The Bertz CT molecular complexity index is 11.6. The summed E-state index contributed by atoms with van der Waals surface area (Å²) in [4.78, 5) is 0. The van der Waals surface area contributed by atoms with Crippen LogP contribution in [0.15, 0.2) is 0 Å². The molecule has 0 saturated heterocycles. The zero-order valence-corrected chi connectivity index (χ0v) is 9.93. The first kappa shape index (κ1) is 28.5. The van der Waals surface area contributed by atoms with Crippen molar-refractivity contribution in [2.75, 3.05) is 7.05 Å². The molecule has 4 heteroatoms. The van der Waals surface area contributed by atoms with E-state index in [0.717, 1.165) is 0 Å². The second kappa shape index (κ2) is 39.2. The SMILES string of the molecule is CN.Cl.I.[Pb]. The molecule has 0 aromatic carbocycles. The maximum Gasteiger partial charge on any atom is 0 e. The van der Waals surface area contributed by atoms with E-state index in [-0.39, 0.29) is 63.7 Å². The fourth-order valence-corrected chi connectivity index (χ4v) is 0. The molecule has 0 unspecified atom stereocenters. The predicted octanol–water partition coefficient (Wildman–Crippen LogP) is 0.234. The third-order valence-electron chi connectivity index (χ3n) is 0. The van der Waals surface area contributed by atoms with Gasteiger partial charge in [0.15, 0.2) is 0 Å². The maximum atomic E-state index is 4.50. The number of rotatable bonds is 0. The minimum atomic E-state index is 0. The van der Waals surface area contributed by atoms with E-state index in [1.54, 1.807) is 0 Å². The van der Waals surface area contributed by atoms with Crippen LogP contribution in [0, 0.1) is 0 Å². The Morgan fingerprint density at radius 1 is 1.20 bits per heavy atom. The van der Waals surface area contributed by atoms with E-state index in [0.29, 0.717) is 0 Å². The van der Waals surface area contributed by atoms with Gasteiger partial charge in [-0.15, -0.1) is 36.4 Å². The second-order valence-corrected chi connectivity index (χ2v) is 0. The third kappa shape index (κ3) is 24.8. The molecule has 0 rings (SSSR count). The van der Waals surface area contributed by atoms with Gasteiger partial charge in [-0.05, 0) is 7.05 Å². The van der Waals surface area contributed by atoms with E-state index in [1.807, 2.05) is 0 Å².